The monoisotopic (exact) mass is 242 g/mol. The van der Waals surface area contributed by atoms with E-state index in [0.717, 1.165) is 17.1 Å². The molecule has 2 heteroatoms. The highest BCUT2D eigenvalue weighted by Crippen LogP contribution is 2.36. The molecule has 0 fully saturated rings. The Morgan fingerprint density at radius 3 is 2.78 bits per heavy atom. The molecule has 0 saturated heterocycles. The third-order valence-electron chi connectivity index (χ3n) is 3.12. The first kappa shape index (κ1) is 12.5. The van der Waals surface area contributed by atoms with E-state index in [2.05, 4.69) is 19.6 Å². The van der Waals surface area contributed by atoms with Gasteiger partial charge in [-0.05, 0) is 19.1 Å². The van der Waals surface area contributed by atoms with Crippen molar-refractivity contribution in [3.63, 3.8) is 0 Å². The quantitative estimate of drug-likeness (QED) is 0.735. The lowest BCUT2D eigenvalue weighted by Gasteiger charge is -2.25. The zero-order valence-corrected chi connectivity index (χ0v) is 10.8. The fraction of sp³-hybridized carbons (Fsp3) is 0.250. The largest absolute Gasteiger partial charge is 0.458 e. The predicted octanol–water partition coefficient (Wildman–Crippen LogP) is 4.17. The lowest BCUT2D eigenvalue weighted by atomic mass is 9.90. The topological polar surface area (TPSA) is 18.5 Å². The Kier molecular flexibility index (Phi) is 3.88. The summed E-state index contributed by atoms with van der Waals surface area (Å²) in [5, 5.41) is 0. The summed E-state index contributed by atoms with van der Waals surface area (Å²) >= 11 is 0. The van der Waals surface area contributed by atoms with Gasteiger partial charge in [0.05, 0.1) is 0 Å². The van der Waals surface area contributed by atoms with Gasteiger partial charge in [0.15, 0.2) is 0 Å². The first-order valence-corrected chi connectivity index (χ1v) is 6.11. The fourth-order valence-corrected chi connectivity index (χ4v) is 2.19. The number of rotatable bonds is 1. The van der Waals surface area contributed by atoms with Crippen molar-refractivity contribution in [1.82, 2.24) is 0 Å². The van der Waals surface area contributed by atoms with Crippen LogP contribution in [0.1, 0.15) is 25.3 Å². The third kappa shape index (κ3) is 2.33. The summed E-state index contributed by atoms with van der Waals surface area (Å²) in [7, 11) is 0. The molecule has 1 aromatic carbocycles. The highest BCUT2D eigenvalue weighted by Gasteiger charge is 2.21. The normalized spacial score (nSPS) is 23.6. The second-order valence-electron chi connectivity index (χ2n) is 4.18. The summed E-state index contributed by atoms with van der Waals surface area (Å²) < 4.78 is 11.3. The van der Waals surface area contributed by atoms with Gasteiger partial charge in [-0.3, -0.25) is 0 Å². The first-order valence-electron chi connectivity index (χ1n) is 6.11. The van der Waals surface area contributed by atoms with Gasteiger partial charge in [-0.2, -0.15) is 0 Å². The van der Waals surface area contributed by atoms with E-state index >= 15 is 0 Å². The van der Waals surface area contributed by atoms with Crippen molar-refractivity contribution >= 4 is 0 Å². The van der Waals surface area contributed by atoms with Crippen molar-refractivity contribution < 1.29 is 9.47 Å². The van der Waals surface area contributed by atoms with Crippen LogP contribution in [0.3, 0.4) is 0 Å². The summed E-state index contributed by atoms with van der Waals surface area (Å²) in [6.45, 7) is 8.12. The van der Waals surface area contributed by atoms with Crippen molar-refractivity contribution in [3.8, 4) is 5.75 Å². The molecule has 0 spiro atoms. The molecule has 1 atom stereocenters. The van der Waals surface area contributed by atoms with E-state index in [9.17, 15) is 0 Å². The Morgan fingerprint density at radius 1 is 1.28 bits per heavy atom. The van der Waals surface area contributed by atoms with E-state index in [1.165, 1.54) is 5.56 Å². The van der Waals surface area contributed by atoms with E-state index < -0.39 is 0 Å². The molecule has 0 N–H and O–H groups in total. The smallest absolute Gasteiger partial charge is 0.230 e. The second-order valence-corrected chi connectivity index (χ2v) is 4.18. The van der Waals surface area contributed by atoms with Gasteiger partial charge >= 0.3 is 0 Å². The Labute approximate surface area is 108 Å². The van der Waals surface area contributed by atoms with Crippen LogP contribution in [0.4, 0.5) is 0 Å². The van der Waals surface area contributed by atoms with Crippen molar-refractivity contribution in [2.75, 3.05) is 6.79 Å². The van der Waals surface area contributed by atoms with Crippen LogP contribution in [-0.2, 0) is 4.74 Å². The summed E-state index contributed by atoms with van der Waals surface area (Å²) in [5.74, 6) is 1.96. The molecule has 2 rings (SSSR count). The zero-order valence-electron chi connectivity index (χ0n) is 10.8. The standard InChI is InChI=1S/C16H18O2/c1-4-8-13-12(3)14-9-6-7-10-16(14)18-11-17-15(13)5-2/h4-10,12H,1,11H2,2-3H3/b13-8-,15-5+. The van der Waals surface area contributed by atoms with Crippen LogP contribution in [0, 0.1) is 0 Å². The number of para-hydroxylation sites is 1. The number of ether oxygens (including phenoxy) is 2. The van der Waals surface area contributed by atoms with Gasteiger partial charge in [0.25, 0.3) is 0 Å². The van der Waals surface area contributed by atoms with Gasteiger partial charge in [-0.1, -0.05) is 43.9 Å². The zero-order chi connectivity index (χ0) is 13.0. The van der Waals surface area contributed by atoms with Crippen molar-refractivity contribution in [1.29, 1.82) is 0 Å². The molecule has 1 heterocycles. The summed E-state index contributed by atoms with van der Waals surface area (Å²) in [6, 6.07) is 8.07. The fourth-order valence-electron chi connectivity index (χ4n) is 2.19. The van der Waals surface area contributed by atoms with Crippen molar-refractivity contribution in [2.45, 2.75) is 19.8 Å². The van der Waals surface area contributed by atoms with Gasteiger partial charge in [0.1, 0.15) is 11.5 Å². The van der Waals surface area contributed by atoms with Crippen molar-refractivity contribution in [2.24, 2.45) is 0 Å². The van der Waals surface area contributed by atoms with Gasteiger partial charge in [-0.15, -0.1) is 0 Å². The van der Waals surface area contributed by atoms with E-state index in [1.54, 1.807) is 6.08 Å². The number of hydrogen-bond acceptors (Lipinski definition) is 2. The number of hydrogen-bond donors (Lipinski definition) is 0. The lowest BCUT2D eigenvalue weighted by molar-refractivity contribution is 0.0593. The molecular weight excluding hydrogens is 224 g/mol. The highest BCUT2D eigenvalue weighted by molar-refractivity contribution is 5.46. The van der Waals surface area contributed by atoms with Gasteiger partial charge in [0, 0.05) is 17.1 Å². The maximum atomic E-state index is 5.65. The summed E-state index contributed by atoms with van der Waals surface area (Å²) in [6.07, 6.45) is 5.76. The van der Waals surface area contributed by atoms with Crippen LogP contribution in [0.25, 0.3) is 0 Å². The molecule has 0 saturated carbocycles. The SMILES string of the molecule is C=C/C=C1\C(=C/C)OCOc2ccccc2C1C. The molecule has 2 nitrogen and oxygen atoms in total. The minimum atomic E-state index is 0.214. The average Bonchev–Trinajstić information content (AvgIpc) is 2.40. The molecule has 0 amide bonds. The van der Waals surface area contributed by atoms with Crippen LogP contribution in [0.5, 0.6) is 5.75 Å². The molecular formula is C16H18O2. The van der Waals surface area contributed by atoms with E-state index in [4.69, 9.17) is 9.47 Å². The van der Waals surface area contributed by atoms with Gasteiger partial charge < -0.3 is 9.47 Å². The molecule has 94 valence electrons. The van der Waals surface area contributed by atoms with E-state index in [0.29, 0.717) is 0 Å². The Morgan fingerprint density at radius 2 is 2.06 bits per heavy atom. The maximum absolute atomic E-state index is 5.65. The van der Waals surface area contributed by atoms with Crippen LogP contribution in [0.2, 0.25) is 0 Å². The van der Waals surface area contributed by atoms with Crippen molar-refractivity contribution in [3.05, 3.63) is 66.0 Å². The molecule has 18 heavy (non-hydrogen) atoms. The lowest BCUT2D eigenvalue weighted by Crippen LogP contribution is -2.13. The minimum Gasteiger partial charge on any atom is -0.458 e. The third-order valence-corrected chi connectivity index (χ3v) is 3.12. The van der Waals surface area contributed by atoms with Crippen LogP contribution in [0.15, 0.2) is 60.4 Å². The molecule has 0 aliphatic carbocycles. The Hall–Kier alpha value is -1.96. The van der Waals surface area contributed by atoms with Gasteiger partial charge in [0.2, 0.25) is 6.79 Å². The first-order chi connectivity index (χ1) is 8.77. The molecule has 1 aliphatic rings. The highest BCUT2D eigenvalue weighted by atomic mass is 16.7. The minimum absolute atomic E-state index is 0.214. The van der Waals surface area contributed by atoms with Crippen LogP contribution >= 0.6 is 0 Å². The summed E-state index contributed by atoms with van der Waals surface area (Å²) in [5.41, 5.74) is 2.30. The van der Waals surface area contributed by atoms with Crippen LogP contribution in [-0.4, -0.2) is 6.79 Å². The van der Waals surface area contributed by atoms with Gasteiger partial charge in [-0.25, -0.2) is 0 Å². The number of allylic oxidation sites excluding steroid dienone is 4. The molecule has 1 aromatic rings. The number of benzene rings is 1. The molecule has 0 radical (unpaired) electrons. The van der Waals surface area contributed by atoms with Crippen LogP contribution < -0.4 is 4.74 Å². The summed E-state index contributed by atoms with van der Waals surface area (Å²) in [4.78, 5) is 0. The molecule has 0 bridgehead atoms. The molecule has 1 unspecified atom stereocenters. The average molecular weight is 242 g/mol. The second kappa shape index (κ2) is 5.58. The molecule has 1 aliphatic heterocycles. The predicted molar refractivity (Wildman–Crippen MR) is 73.5 cm³/mol. The number of fused-ring (bicyclic) bond motifs is 1. The Bertz CT molecular complexity index is 498. The maximum Gasteiger partial charge on any atom is 0.230 e. The Balaban J connectivity index is 2.52. The van der Waals surface area contributed by atoms with E-state index in [-0.39, 0.29) is 12.7 Å². The van der Waals surface area contributed by atoms with E-state index in [1.807, 2.05) is 37.3 Å². The molecule has 0 aromatic heterocycles.